The van der Waals surface area contributed by atoms with Crippen LogP contribution in [-0.2, 0) is 15.3 Å². The number of carbonyl (C=O) groups excluding carboxylic acids is 2. The van der Waals surface area contributed by atoms with Gasteiger partial charge in [0.2, 0.25) is 5.13 Å². The van der Waals surface area contributed by atoms with Gasteiger partial charge in [0.1, 0.15) is 24.7 Å². The molecule has 1 saturated heterocycles. The molecule has 0 radical (unpaired) electrons. The summed E-state index contributed by atoms with van der Waals surface area (Å²) in [4.78, 5) is 28.7. The van der Waals surface area contributed by atoms with E-state index in [9.17, 15) is 14.7 Å². The summed E-state index contributed by atoms with van der Waals surface area (Å²) in [6, 6.07) is 16.3. The van der Waals surface area contributed by atoms with Gasteiger partial charge in [-0.15, -0.1) is 10.2 Å². The first kappa shape index (κ1) is 31.2. The number of unbranched alkanes of at least 4 members (excludes halogenated alkanes) is 1. The smallest absolute Gasteiger partial charge is 0.301 e. The average Bonchev–Trinajstić information content (AvgIpc) is 3.62. The average molecular weight is 685 g/mol. The highest BCUT2D eigenvalue weighted by Crippen LogP contribution is 2.45. The number of rotatable bonds is 10. The van der Waals surface area contributed by atoms with Crippen LogP contribution in [0, 0.1) is 0 Å². The highest BCUT2D eigenvalue weighted by molar-refractivity contribution is 8.00. The van der Waals surface area contributed by atoms with E-state index in [4.69, 9.17) is 37.4 Å². The lowest BCUT2D eigenvalue weighted by Gasteiger charge is -2.23. The molecule has 13 heteroatoms. The third-order valence-corrected chi connectivity index (χ3v) is 9.86. The first-order chi connectivity index (χ1) is 21.8. The zero-order valence-electron chi connectivity index (χ0n) is 24.0. The Bertz CT molecular complexity index is 1800. The van der Waals surface area contributed by atoms with Crippen LogP contribution in [0.25, 0.3) is 5.76 Å². The first-order valence-corrected chi connectivity index (χ1v) is 16.7. The number of aliphatic hydroxyl groups is 1. The lowest BCUT2D eigenvalue weighted by atomic mass is 9.95. The Morgan fingerprint density at radius 1 is 1.07 bits per heavy atom. The Morgan fingerprint density at radius 3 is 2.69 bits per heavy atom. The number of amides is 1. The van der Waals surface area contributed by atoms with Gasteiger partial charge in [0.15, 0.2) is 15.8 Å². The van der Waals surface area contributed by atoms with Crippen molar-refractivity contribution in [2.45, 2.75) is 35.9 Å². The van der Waals surface area contributed by atoms with E-state index in [1.165, 1.54) is 16.7 Å². The van der Waals surface area contributed by atoms with Crippen molar-refractivity contribution in [1.82, 2.24) is 10.2 Å². The van der Waals surface area contributed by atoms with Gasteiger partial charge in [0.05, 0.1) is 18.2 Å². The molecule has 232 valence electrons. The molecule has 9 nitrogen and oxygen atoms in total. The molecular weight excluding hydrogens is 657 g/mol. The predicted molar refractivity (Wildman–Crippen MR) is 175 cm³/mol. The molecule has 0 saturated carbocycles. The zero-order chi connectivity index (χ0) is 31.5. The summed E-state index contributed by atoms with van der Waals surface area (Å²) in [5.74, 6) is 0.0333. The molecule has 3 aromatic carbocycles. The van der Waals surface area contributed by atoms with E-state index in [2.05, 4.69) is 17.1 Å². The van der Waals surface area contributed by atoms with Crippen LogP contribution in [0.2, 0.25) is 10.0 Å². The van der Waals surface area contributed by atoms with Gasteiger partial charge < -0.3 is 19.3 Å². The number of Topliss-reactive ketones (excluding diaryl/α,β-unsaturated/α-hetero) is 1. The van der Waals surface area contributed by atoms with Crippen molar-refractivity contribution in [2.75, 3.05) is 24.7 Å². The van der Waals surface area contributed by atoms with Gasteiger partial charge >= 0.3 is 5.91 Å². The second-order valence-corrected chi connectivity index (χ2v) is 13.2. The van der Waals surface area contributed by atoms with E-state index in [1.54, 1.807) is 48.5 Å². The monoisotopic (exact) mass is 683 g/mol. The van der Waals surface area contributed by atoms with Crippen molar-refractivity contribution in [1.29, 1.82) is 0 Å². The molecule has 1 fully saturated rings. The van der Waals surface area contributed by atoms with Crippen LogP contribution < -0.4 is 19.1 Å². The second-order valence-electron chi connectivity index (χ2n) is 10.2. The number of anilines is 1. The van der Waals surface area contributed by atoms with E-state index in [0.717, 1.165) is 29.7 Å². The molecule has 0 bridgehead atoms. The summed E-state index contributed by atoms with van der Waals surface area (Å²) in [6.45, 7) is 3.36. The molecule has 45 heavy (non-hydrogen) atoms. The SMILES string of the molecule is CCCCOc1cccc(C2/C(=C(/O)c3ccc4c(c3)OCCO4)C(=O)C(=O)N2c2nnc(SCc3ccc(Cl)cc3Cl)s2)c1. The maximum Gasteiger partial charge on any atom is 0.301 e. The maximum atomic E-state index is 13.7. The van der Waals surface area contributed by atoms with Crippen LogP contribution >= 0.6 is 46.3 Å². The number of carbonyl (C=O) groups is 2. The third kappa shape index (κ3) is 6.62. The van der Waals surface area contributed by atoms with Crippen molar-refractivity contribution in [3.05, 3.63) is 93.0 Å². The Labute approximate surface area is 277 Å². The molecule has 4 aromatic rings. The number of aliphatic hydroxyl groups excluding tert-OH is 1. The summed E-state index contributed by atoms with van der Waals surface area (Å²) < 4.78 is 17.8. The molecule has 3 heterocycles. The fourth-order valence-electron chi connectivity index (χ4n) is 4.94. The molecule has 6 rings (SSSR count). The fourth-order valence-corrected chi connectivity index (χ4v) is 7.36. The minimum absolute atomic E-state index is 0.0836. The minimum atomic E-state index is -0.996. The lowest BCUT2D eigenvalue weighted by Crippen LogP contribution is -2.29. The van der Waals surface area contributed by atoms with Crippen LogP contribution in [0.15, 0.2) is 70.6 Å². The number of ether oxygens (including phenoxy) is 3. The van der Waals surface area contributed by atoms with E-state index >= 15 is 0 Å². The van der Waals surface area contributed by atoms with E-state index in [0.29, 0.717) is 68.3 Å². The number of halogens is 2. The number of aromatic nitrogens is 2. The summed E-state index contributed by atoms with van der Waals surface area (Å²) in [5.41, 5.74) is 1.66. The third-order valence-electron chi connectivity index (χ3n) is 7.17. The Balaban J connectivity index is 1.38. The Kier molecular flexibility index (Phi) is 9.50. The van der Waals surface area contributed by atoms with Crippen molar-refractivity contribution >= 4 is 68.9 Å². The molecule has 0 spiro atoms. The fraction of sp³-hybridized carbons (Fsp3) is 0.250. The normalized spacial score (nSPS) is 17.1. The Hall–Kier alpha value is -3.77. The predicted octanol–water partition coefficient (Wildman–Crippen LogP) is 7.71. The molecule has 0 aliphatic carbocycles. The van der Waals surface area contributed by atoms with Gasteiger partial charge in [-0.2, -0.15) is 0 Å². The van der Waals surface area contributed by atoms with E-state index < -0.39 is 17.7 Å². The highest BCUT2D eigenvalue weighted by Gasteiger charge is 2.48. The topological polar surface area (TPSA) is 111 Å². The zero-order valence-corrected chi connectivity index (χ0v) is 27.1. The quantitative estimate of drug-likeness (QED) is 0.0448. The molecule has 2 aliphatic rings. The first-order valence-electron chi connectivity index (χ1n) is 14.2. The number of ketones is 1. The van der Waals surface area contributed by atoms with Crippen LogP contribution in [-0.4, -0.2) is 46.8 Å². The number of thioether (sulfide) groups is 1. The number of hydrogen-bond donors (Lipinski definition) is 1. The standard InChI is InChI=1S/C32H27Cl2N3O6S2/c1-2-3-11-41-22-6-4-5-18(14-22)27-26(28(38)19-8-10-24-25(15-19)43-13-12-42-24)29(39)30(40)37(27)31-35-36-32(45-31)44-17-20-7-9-21(33)16-23(20)34/h4-10,14-16,27,38H,2-3,11-13,17H2,1H3/b28-26-. The van der Waals surface area contributed by atoms with Gasteiger partial charge in [0, 0.05) is 21.4 Å². The van der Waals surface area contributed by atoms with Crippen LogP contribution in [0.4, 0.5) is 5.13 Å². The molecule has 1 amide bonds. The minimum Gasteiger partial charge on any atom is -0.507 e. The van der Waals surface area contributed by atoms with Crippen molar-refractivity contribution in [3.8, 4) is 17.2 Å². The molecular formula is C32H27Cl2N3O6S2. The van der Waals surface area contributed by atoms with Gasteiger partial charge in [-0.25, -0.2) is 0 Å². The molecule has 1 unspecified atom stereocenters. The molecule has 1 atom stereocenters. The summed E-state index contributed by atoms with van der Waals surface area (Å²) in [5, 5.41) is 21.5. The van der Waals surface area contributed by atoms with E-state index in [1.807, 2.05) is 12.1 Å². The lowest BCUT2D eigenvalue weighted by molar-refractivity contribution is -0.132. The Morgan fingerprint density at radius 2 is 1.89 bits per heavy atom. The summed E-state index contributed by atoms with van der Waals surface area (Å²) in [7, 11) is 0. The van der Waals surface area contributed by atoms with Crippen LogP contribution in [0.5, 0.6) is 17.2 Å². The number of benzene rings is 3. The highest BCUT2D eigenvalue weighted by atomic mass is 35.5. The van der Waals surface area contributed by atoms with Gasteiger partial charge in [0.25, 0.3) is 5.78 Å². The largest absolute Gasteiger partial charge is 0.507 e. The van der Waals surface area contributed by atoms with Crippen molar-refractivity contribution in [2.24, 2.45) is 0 Å². The van der Waals surface area contributed by atoms with Gasteiger partial charge in [-0.3, -0.25) is 14.5 Å². The van der Waals surface area contributed by atoms with E-state index in [-0.39, 0.29) is 16.5 Å². The summed E-state index contributed by atoms with van der Waals surface area (Å²) in [6.07, 6.45) is 1.84. The van der Waals surface area contributed by atoms with Gasteiger partial charge in [-0.1, -0.05) is 77.8 Å². The molecule has 1 N–H and O–H groups in total. The number of nitrogens with zero attached hydrogens (tertiary/aromatic N) is 3. The summed E-state index contributed by atoms with van der Waals surface area (Å²) >= 11 is 14.9. The van der Waals surface area contributed by atoms with Crippen LogP contribution in [0.1, 0.15) is 42.5 Å². The maximum absolute atomic E-state index is 13.7. The van der Waals surface area contributed by atoms with Gasteiger partial charge in [-0.05, 0) is 60.0 Å². The number of fused-ring (bicyclic) bond motifs is 1. The second kappa shape index (κ2) is 13.7. The molecule has 1 aromatic heterocycles. The van der Waals surface area contributed by atoms with Crippen LogP contribution in [0.3, 0.4) is 0 Å². The van der Waals surface area contributed by atoms with Crippen molar-refractivity contribution < 1.29 is 28.9 Å². The number of hydrogen-bond acceptors (Lipinski definition) is 10. The van der Waals surface area contributed by atoms with Crippen molar-refractivity contribution in [3.63, 3.8) is 0 Å². The molecule has 2 aliphatic heterocycles.